The summed E-state index contributed by atoms with van der Waals surface area (Å²) in [5.74, 6) is -0.0479. The quantitative estimate of drug-likeness (QED) is 0.871. The van der Waals surface area contributed by atoms with E-state index in [-0.39, 0.29) is 11.8 Å². The SMILES string of the molecule is CN(Cc1ccc(C(=O)NC2CC2)cc1)C(=O)c1cccc(N(C)C)c1. The van der Waals surface area contributed by atoms with Gasteiger partial charge in [-0.05, 0) is 48.7 Å². The number of carbonyl (C=O) groups is 2. The summed E-state index contributed by atoms with van der Waals surface area (Å²) in [6, 6.07) is 15.4. The van der Waals surface area contributed by atoms with Gasteiger partial charge in [0.2, 0.25) is 0 Å². The standard InChI is InChI=1S/C21H25N3O2/c1-23(2)19-6-4-5-17(13-19)21(26)24(3)14-15-7-9-16(10-8-15)20(25)22-18-11-12-18/h4-10,13,18H,11-12,14H2,1-3H3,(H,22,25). The summed E-state index contributed by atoms with van der Waals surface area (Å²) in [5.41, 5.74) is 3.32. The van der Waals surface area contributed by atoms with Gasteiger partial charge in [0.15, 0.2) is 0 Å². The van der Waals surface area contributed by atoms with Gasteiger partial charge >= 0.3 is 0 Å². The molecule has 1 N–H and O–H groups in total. The van der Waals surface area contributed by atoms with Crippen molar-refractivity contribution in [2.45, 2.75) is 25.4 Å². The Morgan fingerprint density at radius 1 is 1.00 bits per heavy atom. The molecule has 2 amide bonds. The molecule has 0 aliphatic heterocycles. The third-order valence-corrected chi connectivity index (χ3v) is 4.50. The van der Waals surface area contributed by atoms with Gasteiger partial charge in [-0.3, -0.25) is 9.59 Å². The molecule has 5 heteroatoms. The molecular weight excluding hydrogens is 326 g/mol. The summed E-state index contributed by atoms with van der Waals surface area (Å²) < 4.78 is 0. The van der Waals surface area contributed by atoms with Crippen LogP contribution in [-0.2, 0) is 6.54 Å². The second-order valence-corrected chi connectivity index (χ2v) is 7.05. The fraction of sp³-hybridized carbons (Fsp3) is 0.333. The Morgan fingerprint density at radius 2 is 1.69 bits per heavy atom. The number of anilines is 1. The molecule has 0 atom stereocenters. The Bertz CT molecular complexity index is 795. The van der Waals surface area contributed by atoms with Crippen LogP contribution in [0.1, 0.15) is 39.1 Å². The van der Waals surface area contributed by atoms with Crippen LogP contribution in [0.15, 0.2) is 48.5 Å². The number of hydrogen-bond donors (Lipinski definition) is 1. The topological polar surface area (TPSA) is 52.7 Å². The Balaban J connectivity index is 1.63. The molecule has 3 rings (SSSR count). The maximum Gasteiger partial charge on any atom is 0.253 e. The number of amides is 2. The smallest absolute Gasteiger partial charge is 0.253 e. The van der Waals surface area contributed by atoms with Crippen LogP contribution in [0, 0.1) is 0 Å². The Hall–Kier alpha value is -2.82. The Labute approximate surface area is 154 Å². The van der Waals surface area contributed by atoms with Gasteiger partial charge in [-0.1, -0.05) is 18.2 Å². The molecule has 26 heavy (non-hydrogen) atoms. The number of nitrogens with one attached hydrogen (secondary N) is 1. The van der Waals surface area contributed by atoms with Crippen molar-refractivity contribution in [2.75, 3.05) is 26.0 Å². The van der Waals surface area contributed by atoms with Crippen LogP contribution in [0.5, 0.6) is 0 Å². The Kier molecular flexibility index (Phi) is 5.26. The van der Waals surface area contributed by atoms with Gasteiger partial charge in [-0.25, -0.2) is 0 Å². The van der Waals surface area contributed by atoms with Crippen molar-refractivity contribution in [3.8, 4) is 0 Å². The minimum Gasteiger partial charge on any atom is -0.378 e. The zero-order valence-electron chi connectivity index (χ0n) is 15.5. The number of rotatable bonds is 6. The van der Waals surface area contributed by atoms with Crippen molar-refractivity contribution < 1.29 is 9.59 Å². The molecule has 1 saturated carbocycles. The number of carbonyl (C=O) groups excluding carboxylic acids is 2. The fourth-order valence-corrected chi connectivity index (χ4v) is 2.74. The predicted molar refractivity (Wildman–Crippen MR) is 103 cm³/mol. The zero-order valence-corrected chi connectivity index (χ0v) is 15.5. The minimum atomic E-state index is -0.0241. The van der Waals surface area contributed by atoms with Gasteiger partial charge in [0.1, 0.15) is 0 Å². The van der Waals surface area contributed by atoms with E-state index in [0.29, 0.717) is 23.7 Å². The van der Waals surface area contributed by atoms with Crippen molar-refractivity contribution >= 4 is 17.5 Å². The van der Waals surface area contributed by atoms with E-state index in [4.69, 9.17) is 0 Å². The van der Waals surface area contributed by atoms with Crippen LogP contribution < -0.4 is 10.2 Å². The molecule has 1 fully saturated rings. The molecule has 0 unspecified atom stereocenters. The monoisotopic (exact) mass is 351 g/mol. The van der Waals surface area contributed by atoms with E-state index < -0.39 is 0 Å². The van der Waals surface area contributed by atoms with Crippen molar-refractivity contribution in [1.82, 2.24) is 10.2 Å². The summed E-state index contributed by atoms with van der Waals surface area (Å²) in [7, 11) is 5.70. The number of nitrogens with zero attached hydrogens (tertiary/aromatic N) is 2. The van der Waals surface area contributed by atoms with E-state index in [0.717, 1.165) is 24.1 Å². The van der Waals surface area contributed by atoms with Gasteiger partial charge in [0.05, 0.1) is 0 Å². The van der Waals surface area contributed by atoms with E-state index >= 15 is 0 Å². The average molecular weight is 351 g/mol. The molecule has 0 radical (unpaired) electrons. The molecule has 0 bridgehead atoms. The zero-order chi connectivity index (χ0) is 18.7. The fourth-order valence-electron chi connectivity index (χ4n) is 2.74. The third kappa shape index (κ3) is 4.42. The highest BCUT2D eigenvalue weighted by Crippen LogP contribution is 2.20. The molecule has 0 heterocycles. The van der Waals surface area contributed by atoms with Gasteiger partial charge in [0.25, 0.3) is 11.8 Å². The molecule has 2 aromatic rings. The summed E-state index contributed by atoms with van der Waals surface area (Å²) in [4.78, 5) is 28.4. The summed E-state index contributed by atoms with van der Waals surface area (Å²) >= 11 is 0. The molecule has 5 nitrogen and oxygen atoms in total. The maximum atomic E-state index is 12.7. The number of benzene rings is 2. The molecule has 0 aromatic heterocycles. The maximum absolute atomic E-state index is 12.7. The molecule has 1 aliphatic rings. The van der Waals surface area contributed by atoms with Crippen LogP contribution in [0.4, 0.5) is 5.69 Å². The largest absolute Gasteiger partial charge is 0.378 e. The van der Waals surface area contributed by atoms with Crippen LogP contribution >= 0.6 is 0 Å². The highest BCUT2D eigenvalue weighted by Gasteiger charge is 2.23. The van der Waals surface area contributed by atoms with Gasteiger partial charge in [-0.15, -0.1) is 0 Å². The van der Waals surface area contributed by atoms with Crippen molar-refractivity contribution in [1.29, 1.82) is 0 Å². The lowest BCUT2D eigenvalue weighted by Gasteiger charge is -2.19. The molecular formula is C21H25N3O2. The van der Waals surface area contributed by atoms with E-state index in [9.17, 15) is 9.59 Å². The van der Waals surface area contributed by atoms with Crippen LogP contribution in [0.3, 0.4) is 0 Å². The van der Waals surface area contributed by atoms with Crippen molar-refractivity contribution in [3.05, 3.63) is 65.2 Å². The third-order valence-electron chi connectivity index (χ3n) is 4.50. The predicted octanol–water partition coefficient (Wildman–Crippen LogP) is 2.92. The van der Waals surface area contributed by atoms with Crippen molar-refractivity contribution in [2.24, 2.45) is 0 Å². The highest BCUT2D eigenvalue weighted by molar-refractivity contribution is 5.95. The second-order valence-electron chi connectivity index (χ2n) is 7.05. The lowest BCUT2D eigenvalue weighted by Crippen LogP contribution is -2.27. The van der Waals surface area contributed by atoms with E-state index in [1.165, 1.54) is 0 Å². The molecule has 136 valence electrons. The summed E-state index contributed by atoms with van der Waals surface area (Å²) in [5, 5.41) is 2.98. The molecule has 2 aromatic carbocycles. The minimum absolute atomic E-state index is 0.0238. The van der Waals surface area contributed by atoms with E-state index in [1.54, 1.807) is 11.9 Å². The van der Waals surface area contributed by atoms with Crippen LogP contribution in [0.25, 0.3) is 0 Å². The molecule has 1 aliphatic carbocycles. The highest BCUT2D eigenvalue weighted by atomic mass is 16.2. The summed E-state index contributed by atoms with van der Waals surface area (Å²) in [6.45, 7) is 0.496. The molecule has 0 spiro atoms. The first-order chi connectivity index (χ1) is 12.4. The Morgan fingerprint density at radius 3 is 2.31 bits per heavy atom. The van der Waals surface area contributed by atoms with Gasteiger partial charge in [-0.2, -0.15) is 0 Å². The molecule has 0 saturated heterocycles. The van der Waals surface area contributed by atoms with Gasteiger partial charge < -0.3 is 15.1 Å². The first-order valence-electron chi connectivity index (χ1n) is 8.86. The van der Waals surface area contributed by atoms with Crippen molar-refractivity contribution in [3.63, 3.8) is 0 Å². The van der Waals surface area contributed by atoms with E-state index in [1.807, 2.05) is 67.5 Å². The first kappa shape index (κ1) is 18.0. The van der Waals surface area contributed by atoms with Crippen LogP contribution in [-0.4, -0.2) is 43.9 Å². The van der Waals surface area contributed by atoms with E-state index in [2.05, 4.69) is 5.32 Å². The second kappa shape index (κ2) is 7.60. The normalized spacial score (nSPS) is 13.2. The average Bonchev–Trinajstić information content (AvgIpc) is 3.45. The van der Waals surface area contributed by atoms with Gasteiger partial charge in [0, 0.05) is 50.5 Å². The number of hydrogen-bond acceptors (Lipinski definition) is 3. The van der Waals surface area contributed by atoms with Crippen LogP contribution in [0.2, 0.25) is 0 Å². The lowest BCUT2D eigenvalue weighted by molar-refractivity contribution is 0.0784. The summed E-state index contributed by atoms with van der Waals surface area (Å²) in [6.07, 6.45) is 2.15. The first-order valence-corrected chi connectivity index (χ1v) is 8.86. The lowest BCUT2D eigenvalue weighted by atomic mass is 10.1.